The second-order valence-electron chi connectivity index (χ2n) is 4.58. The molecule has 1 rings (SSSR count). The number of carbonyl (C=O) groups is 1. The molecule has 1 N–H and O–H groups in total. The van der Waals surface area contributed by atoms with Gasteiger partial charge in [0.05, 0.1) is 10.8 Å². The summed E-state index contributed by atoms with van der Waals surface area (Å²) < 4.78 is 38.5. The first-order chi connectivity index (χ1) is 9.54. The Morgan fingerprint density at radius 1 is 1.48 bits per heavy atom. The minimum Gasteiger partial charge on any atom is -0.481 e. The number of nitrogens with zero attached hydrogens (tertiary/aromatic N) is 2. The van der Waals surface area contributed by atoms with Gasteiger partial charge in [-0.15, -0.1) is 0 Å². The van der Waals surface area contributed by atoms with Gasteiger partial charge in [0.25, 0.3) is 5.69 Å². The molecule has 1 aromatic rings. The number of halogens is 3. The lowest BCUT2D eigenvalue weighted by atomic mass is 10.1. The fraction of sp³-hybridized carbons (Fsp3) is 0.417. The molecular weight excluding hydrogens is 293 g/mol. The van der Waals surface area contributed by atoms with Gasteiger partial charge in [-0.3, -0.25) is 14.9 Å². The van der Waals surface area contributed by atoms with Crippen LogP contribution in [0.25, 0.3) is 0 Å². The molecule has 116 valence electrons. The standard InChI is InChI=1S/C12H13F3N2O4/c1-7(11(18)19)6-16(2)8-3-4-10(17(20)21)9(5-8)12(13,14)15/h3-5,7H,6H2,1-2H3,(H,18,19). The van der Waals surface area contributed by atoms with Gasteiger partial charge in [-0.2, -0.15) is 13.2 Å². The van der Waals surface area contributed by atoms with Gasteiger partial charge in [0.1, 0.15) is 5.56 Å². The molecule has 9 heteroatoms. The summed E-state index contributed by atoms with van der Waals surface area (Å²) in [7, 11) is 1.42. The number of carboxylic acid groups (broad SMARTS) is 1. The number of aliphatic carboxylic acids is 1. The van der Waals surface area contributed by atoms with Gasteiger partial charge >= 0.3 is 12.1 Å². The van der Waals surface area contributed by atoms with Crippen molar-refractivity contribution in [3.05, 3.63) is 33.9 Å². The Balaban J connectivity index is 3.16. The molecule has 21 heavy (non-hydrogen) atoms. The third kappa shape index (κ3) is 4.07. The Hall–Kier alpha value is -2.32. The van der Waals surface area contributed by atoms with Crippen molar-refractivity contribution in [3.63, 3.8) is 0 Å². The van der Waals surface area contributed by atoms with E-state index in [2.05, 4.69) is 0 Å². The second-order valence-corrected chi connectivity index (χ2v) is 4.58. The molecular formula is C12H13F3N2O4. The van der Waals surface area contributed by atoms with E-state index >= 15 is 0 Å². The SMILES string of the molecule is CC(CN(C)c1ccc([N+](=O)[O-])c(C(F)(F)F)c1)C(=O)O. The van der Waals surface area contributed by atoms with Crippen molar-refractivity contribution in [2.75, 3.05) is 18.5 Å². The maximum atomic E-state index is 12.8. The van der Waals surface area contributed by atoms with E-state index in [4.69, 9.17) is 5.11 Å². The maximum absolute atomic E-state index is 12.8. The van der Waals surface area contributed by atoms with E-state index in [0.29, 0.717) is 6.07 Å². The Morgan fingerprint density at radius 3 is 2.48 bits per heavy atom. The minimum atomic E-state index is -4.86. The van der Waals surface area contributed by atoms with Crippen LogP contribution in [0.5, 0.6) is 0 Å². The van der Waals surface area contributed by atoms with Crippen LogP contribution in [0.4, 0.5) is 24.5 Å². The molecule has 0 bridgehead atoms. The second kappa shape index (κ2) is 5.98. The van der Waals surface area contributed by atoms with Crippen LogP contribution in [0.1, 0.15) is 12.5 Å². The lowest BCUT2D eigenvalue weighted by Gasteiger charge is -2.22. The van der Waals surface area contributed by atoms with Gasteiger partial charge in [0.15, 0.2) is 0 Å². The van der Waals surface area contributed by atoms with Gasteiger partial charge in [0, 0.05) is 25.3 Å². The van der Waals surface area contributed by atoms with Gasteiger partial charge in [-0.25, -0.2) is 0 Å². The first-order valence-corrected chi connectivity index (χ1v) is 5.83. The highest BCUT2D eigenvalue weighted by Gasteiger charge is 2.38. The number of hydrogen-bond acceptors (Lipinski definition) is 4. The molecule has 0 saturated heterocycles. The zero-order chi connectivity index (χ0) is 16.4. The van der Waals surface area contributed by atoms with E-state index in [1.165, 1.54) is 18.9 Å². The highest BCUT2D eigenvalue weighted by atomic mass is 19.4. The zero-order valence-electron chi connectivity index (χ0n) is 11.2. The third-order valence-corrected chi connectivity index (χ3v) is 2.89. The van der Waals surface area contributed by atoms with Crippen molar-refractivity contribution in [1.29, 1.82) is 0 Å². The van der Waals surface area contributed by atoms with Crippen molar-refractivity contribution in [3.8, 4) is 0 Å². The molecule has 0 radical (unpaired) electrons. The van der Waals surface area contributed by atoms with Gasteiger partial charge < -0.3 is 10.0 Å². The molecule has 0 aliphatic heterocycles. The molecule has 0 saturated carbocycles. The van der Waals surface area contributed by atoms with Crippen LogP contribution >= 0.6 is 0 Å². The fourth-order valence-corrected chi connectivity index (χ4v) is 1.74. The number of anilines is 1. The van der Waals surface area contributed by atoms with Crippen LogP contribution in [0, 0.1) is 16.0 Å². The number of carboxylic acids is 1. The topological polar surface area (TPSA) is 83.7 Å². The van der Waals surface area contributed by atoms with E-state index < -0.39 is 34.2 Å². The normalized spacial score (nSPS) is 12.8. The predicted molar refractivity (Wildman–Crippen MR) is 68.2 cm³/mol. The summed E-state index contributed by atoms with van der Waals surface area (Å²) in [4.78, 5) is 21.6. The zero-order valence-corrected chi connectivity index (χ0v) is 11.2. The van der Waals surface area contributed by atoms with Crippen LogP contribution in [0.15, 0.2) is 18.2 Å². The molecule has 0 fully saturated rings. The lowest BCUT2D eigenvalue weighted by molar-refractivity contribution is -0.388. The molecule has 6 nitrogen and oxygen atoms in total. The van der Waals surface area contributed by atoms with Crippen molar-refractivity contribution in [2.45, 2.75) is 13.1 Å². The van der Waals surface area contributed by atoms with Gasteiger partial charge in [0.2, 0.25) is 0 Å². The third-order valence-electron chi connectivity index (χ3n) is 2.89. The predicted octanol–water partition coefficient (Wildman–Crippen LogP) is 2.77. The van der Waals surface area contributed by atoms with Crippen LogP contribution in [0.3, 0.4) is 0 Å². The molecule has 1 atom stereocenters. The molecule has 1 unspecified atom stereocenters. The molecule has 0 spiro atoms. The van der Waals surface area contributed by atoms with E-state index in [0.717, 1.165) is 12.1 Å². The van der Waals surface area contributed by atoms with Crippen LogP contribution in [-0.2, 0) is 11.0 Å². The number of alkyl halides is 3. The summed E-state index contributed by atoms with van der Waals surface area (Å²) in [5.41, 5.74) is -2.34. The Kier molecular flexibility index (Phi) is 4.77. The summed E-state index contributed by atoms with van der Waals surface area (Å²) in [5.74, 6) is -1.88. The van der Waals surface area contributed by atoms with Crippen molar-refractivity contribution in [2.24, 2.45) is 5.92 Å². The number of rotatable bonds is 5. The van der Waals surface area contributed by atoms with Crippen LogP contribution in [0.2, 0.25) is 0 Å². The monoisotopic (exact) mass is 306 g/mol. The molecule has 0 aromatic heterocycles. The molecule has 0 aliphatic carbocycles. The summed E-state index contributed by atoms with van der Waals surface area (Å²) in [5, 5.41) is 19.4. The fourth-order valence-electron chi connectivity index (χ4n) is 1.74. The molecule has 0 heterocycles. The summed E-state index contributed by atoms with van der Waals surface area (Å²) in [6, 6.07) is 2.56. The largest absolute Gasteiger partial charge is 0.481 e. The van der Waals surface area contributed by atoms with Crippen molar-refractivity contribution < 1.29 is 28.0 Å². The highest BCUT2D eigenvalue weighted by molar-refractivity contribution is 5.70. The summed E-state index contributed by atoms with van der Waals surface area (Å²) in [6.45, 7) is 1.39. The highest BCUT2D eigenvalue weighted by Crippen LogP contribution is 2.38. The van der Waals surface area contributed by atoms with Gasteiger partial charge in [-0.05, 0) is 12.1 Å². The van der Waals surface area contributed by atoms with E-state index in [9.17, 15) is 28.1 Å². The average Bonchev–Trinajstić information content (AvgIpc) is 2.36. The van der Waals surface area contributed by atoms with Crippen molar-refractivity contribution in [1.82, 2.24) is 0 Å². The number of nitro groups is 1. The summed E-state index contributed by atoms with van der Waals surface area (Å²) in [6.07, 6.45) is -4.86. The number of benzene rings is 1. The van der Waals surface area contributed by atoms with E-state index in [-0.39, 0.29) is 12.2 Å². The molecule has 0 amide bonds. The Labute approximate surface area is 117 Å². The maximum Gasteiger partial charge on any atom is 0.423 e. The Morgan fingerprint density at radius 2 is 2.05 bits per heavy atom. The van der Waals surface area contributed by atoms with Crippen LogP contribution in [-0.4, -0.2) is 29.6 Å². The molecule has 1 aromatic carbocycles. The minimum absolute atomic E-state index is 0.0234. The Bertz CT molecular complexity index is 560. The van der Waals surface area contributed by atoms with E-state index in [1.54, 1.807) is 0 Å². The van der Waals surface area contributed by atoms with Crippen LogP contribution < -0.4 is 4.90 Å². The number of nitro benzene ring substituents is 1. The quantitative estimate of drug-likeness (QED) is 0.668. The average molecular weight is 306 g/mol. The van der Waals surface area contributed by atoms with E-state index in [1.807, 2.05) is 0 Å². The number of hydrogen-bond donors (Lipinski definition) is 1. The lowest BCUT2D eigenvalue weighted by Crippen LogP contribution is -2.28. The first kappa shape index (κ1) is 16.7. The van der Waals surface area contributed by atoms with Gasteiger partial charge in [-0.1, -0.05) is 6.92 Å². The van der Waals surface area contributed by atoms with Crippen molar-refractivity contribution >= 4 is 17.3 Å². The first-order valence-electron chi connectivity index (χ1n) is 5.83. The summed E-state index contributed by atoms with van der Waals surface area (Å²) >= 11 is 0. The molecule has 0 aliphatic rings. The smallest absolute Gasteiger partial charge is 0.423 e.